The summed E-state index contributed by atoms with van der Waals surface area (Å²) in [6.07, 6.45) is 0.560. The molecule has 1 aliphatic rings. The average Bonchev–Trinajstić information content (AvgIpc) is 3.31. The maximum atomic E-state index is 12.5. The lowest BCUT2D eigenvalue weighted by atomic mass is 9.95. The van der Waals surface area contributed by atoms with Crippen molar-refractivity contribution in [2.24, 2.45) is 5.10 Å². The lowest BCUT2D eigenvalue weighted by molar-refractivity contribution is -0.136. The Kier molecular flexibility index (Phi) is 9.39. The highest BCUT2D eigenvalue weighted by Crippen LogP contribution is 2.35. The number of carbonyl (C=O) groups excluding carboxylic acids is 2. The predicted molar refractivity (Wildman–Crippen MR) is 172 cm³/mol. The van der Waals surface area contributed by atoms with Crippen LogP contribution in [-0.4, -0.2) is 54.4 Å². The number of aliphatic hydroxyl groups excluding tert-OH is 1. The summed E-state index contributed by atoms with van der Waals surface area (Å²) in [6, 6.07) is 20.6. The molecule has 0 unspecified atom stereocenters. The summed E-state index contributed by atoms with van der Waals surface area (Å²) in [7, 11) is 1.28. The number of allylic oxidation sites excluding steroid dienone is 1. The van der Waals surface area contributed by atoms with Gasteiger partial charge in [0.25, 0.3) is 0 Å². The molecule has 4 N–H and O–H groups in total. The molecule has 234 valence electrons. The number of ether oxygens (including phenoxy) is 3. The molecule has 0 saturated heterocycles. The summed E-state index contributed by atoms with van der Waals surface area (Å²) in [5.41, 5.74) is 8.05. The number of benzene rings is 3. The van der Waals surface area contributed by atoms with Crippen LogP contribution in [0.25, 0.3) is 16.5 Å². The van der Waals surface area contributed by atoms with E-state index in [9.17, 15) is 14.7 Å². The number of nitrogens with zero attached hydrogens (tertiary/aromatic N) is 2. The molecule has 45 heavy (non-hydrogen) atoms. The van der Waals surface area contributed by atoms with Gasteiger partial charge in [-0.25, -0.2) is 9.59 Å². The van der Waals surface area contributed by atoms with Crippen molar-refractivity contribution in [2.45, 2.75) is 40.0 Å². The molecular weight excluding hydrogens is 574 g/mol. The molecule has 3 aromatic carbocycles. The van der Waals surface area contributed by atoms with E-state index in [1.807, 2.05) is 39.0 Å². The quantitative estimate of drug-likeness (QED) is 0.0831. The van der Waals surface area contributed by atoms with Crippen LogP contribution >= 0.6 is 0 Å². The van der Waals surface area contributed by atoms with Crippen LogP contribution < -0.4 is 25.5 Å². The molecule has 1 aliphatic heterocycles. The zero-order valence-electron chi connectivity index (χ0n) is 25.9. The molecule has 11 heteroatoms. The fourth-order valence-corrected chi connectivity index (χ4v) is 5.45. The van der Waals surface area contributed by atoms with E-state index in [4.69, 9.17) is 14.2 Å². The van der Waals surface area contributed by atoms with Crippen molar-refractivity contribution in [2.75, 3.05) is 20.3 Å². The maximum absolute atomic E-state index is 12.5. The van der Waals surface area contributed by atoms with E-state index < -0.39 is 24.3 Å². The lowest BCUT2D eigenvalue weighted by Gasteiger charge is -2.28. The van der Waals surface area contributed by atoms with Crippen molar-refractivity contribution in [3.8, 4) is 17.2 Å². The van der Waals surface area contributed by atoms with Crippen LogP contribution in [0.4, 0.5) is 4.79 Å². The fourth-order valence-electron chi connectivity index (χ4n) is 5.45. The van der Waals surface area contributed by atoms with Gasteiger partial charge >= 0.3 is 12.0 Å². The number of fused-ring (bicyclic) bond motifs is 1. The van der Waals surface area contributed by atoms with Crippen LogP contribution in [-0.2, 0) is 9.53 Å². The first-order chi connectivity index (χ1) is 21.7. The molecule has 0 saturated carbocycles. The normalized spacial score (nSPS) is 15.5. The molecule has 1 aromatic heterocycles. The second-order valence-electron chi connectivity index (χ2n) is 10.6. The van der Waals surface area contributed by atoms with E-state index in [-0.39, 0.29) is 12.2 Å². The van der Waals surface area contributed by atoms with Gasteiger partial charge in [-0.15, -0.1) is 0 Å². The number of hydrogen-bond acceptors (Lipinski definition) is 8. The van der Waals surface area contributed by atoms with Crippen molar-refractivity contribution in [1.29, 1.82) is 0 Å². The molecule has 0 fully saturated rings. The number of aromatic nitrogens is 1. The number of esters is 1. The molecule has 2 heterocycles. The van der Waals surface area contributed by atoms with Gasteiger partial charge in [0.15, 0.2) is 17.7 Å². The number of carbonyl (C=O) groups is 2. The monoisotopic (exact) mass is 611 g/mol. The third kappa shape index (κ3) is 6.78. The molecule has 0 aliphatic carbocycles. The zero-order chi connectivity index (χ0) is 32.1. The van der Waals surface area contributed by atoms with Gasteiger partial charge in [0.2, 0.25) is 0 Å². The van der Waals surface area contributed by atoms with E-state index in [2.05, 4.69) is 56.1 Å². The van der Waals surface area contributed by atoms with Crippen molar-refractivity contribution in [3.05, 3.63) is 101 Å². The second-order valence-corrected chi connectivity index (χ2v) is 10.6. The third-order valence-corrected chi connectivity index (χ3v) is 7.56. The number of hydrazone groups is 1. The number of nitrogens with one attached hydrogen (secondary N) is 3. The Labute approximate surface area is 261 Å². The Morgan fingerprint density at radius 1 is 1.04 bits per heavy atom. The molecule has 11 nitrogen and oxygen atoms in total. The van der Waals surface area contributed by atoms with E-state index in [0.29, 0.717) is 29.4 Å². The van der Waals surface area contributed by atoms with Crippen molar-refractivity contribution >= 4 is 29.0 Å². The van der Waals surface area contributed by atoms with E-state index in [0.717, 1.165) is 22.6 Å². The smallest absolute Gasteiger partial charge is 0.337 e. The lowest BCUT2D eigenvalue weighted by Crippen LogP contribution is -2.45. The molecule has 0 bridgehead atoms. The molecule has 5 rings (SSSR count). The van der Waals surface area contributed by atoms with Crippen LogP contribution in [0.3, 0.4) is 0 Å². The number of aryl methyl sites for hydroxylation is 1. The minimum atomic E-state index is -1.11. The summed E-state index contributed by atoms with van der Waals surface area (Å²) < 4.78 is 18.7. The maximum Gasteiger partial charge on any atom is 0.337 e. The van der Waals surface area contributed by atoms with Crippen LogP contribution in [0.15, 0.2) is 83.1 Å². The molecule has 4 aromatic rings. The number of rotatable bonds is 11. The van der Waals surface area contributed by atoms with Crippen LogP contribution in [0.1, 0.15) is 42.4 Å². The van der Waals surface area contributed by atoms with Gasteiger partial charge in [-0.3, -0.25) is 5.43 Å². The second kappa shape index (κ2) is 13.6. The Hall–Kier alpha value is -5.29. The van der Waals surface area contributed by atoms with Gasteiger partial charge in [-0.1, -0.05) is 36.4 Å². The SMILES string of the molecule is CCOc1cc([C@@H]2NC(=O)NC(C)=C2C(=O)OC)ccc1OC[C@@H](O)N/N=C\c1cc(C)n(-c2ccc3ccccc3c2)c1C. The minimum absolute atomic E-state index is 0.122. The molecule has 2 amide bonds. The van der Waals surface area contributed by atoms with E-state index in [1.54, 1.807) is 31.3 Å². The van der Waals surface area contributed by atoms with Crippen molar-refractivity contribution < 1.29 is 28.9 Å². The van der Waals surface area contributed by atoms with Gasteiger partial charge in [0.1, 0.15) is 6.61 Å². The third-order valence-electron chi connectivity index (χ3n) is 7.56. The average molecular weight is 612 g/mol. The Morgan fingerprint density at radius 2 is 1.82 bits per heavy atom. The molecule has 0 spiro atoms. The fraction of sp³-hybridized carbons (Fsp3) is 0.265. The largest absolute Gasteiger partial charge is 0.490 e. The van der Waals surface area contributed by atoms with E-state index in [1.165, 1.54) is 17.9 Å². The van der Waals surface area contributed by atoms with Crippen LogP contribution in [0.5, 0.6) is 11.5 Å². The van der Waals surface area contributed by atoms with Gasteiger partial charge in [-0.05, 0) is 74.4 Å². The zero-order valence-corrected chi connectivity index (χ0v) is 25.9. The highest BCUT2D eigenvalue weighted by molar-refractivity contribution is 5.95. The minimum Gasteiger partial charge on any atom is -0.490 e. The van der Waals surface area contributed by atoms with Gasteiger partial charge in [0, 0.05) is 28.3 Å². The predicted octanol–water partition coefficient (Wildman–Crippen LogP) is 4.77. The first kappa shape index (κ1) is 31.1. The first-order valence-corrected chi connectivity index (χ1v) is 14.6. The summed E-state index contributed by atoms with van der Waals surface area (Å²) in [6.45, 7) is 7.77. The van der Waals surface area contributed by atoms with Crippen LogP contribution in [0.2, 0.25) is 0 Å². The first-order valence-electron chi connectivity index (χ1n) is 14.6. The topological polar surface area (TPSA) is 135 Å². The number of aliphatic hydroxyl groups is 1. The molecule has 2 atom stereocenters. The number of urea groups is 1. The van der Waals surface area contributed by atoms with Gasteiger partial charge in [0.05, 0.1) is 31.5 Å². The van der Waals surface area contributed by atoms with Crippen molar-refractivity contribution in [3.63, 3.8) is 0 Å². The molecular formula is C34H37N5O6. The number of amides is 2. The van der Waals surface area contributed by atoms with Gasteiger partial charge in [-0.2, -0.15) is 5.10 Å². The summed E-state index contributed by atoms with van der Waals surface area (Å²) in [5, 5.41) is 22.5. The number of hydrogen-bond donors (Lipinski definition) is 4. The Morgan fingerprint density at radius 3 is 2.58 bits per heavy atom. The summed E-state index contributed by atoms with van der Waals surface area (Å²) in [5.74, 6) is 0.208. The molecule has 0 radical (unpaired) electrons. The highest BCUT2D eigenvalue weighted by Gasteiger charge is 2.32. The number of methoxy groups -OCH3 is 1. The standard InChI is InChI=1S/C34H37N5O6/c1-6-44-29-17-25(32-31(33(41)43-5)21(3)36-34(42)37-32)12-14-28(29)45-19-30(40)38-35-18-26-15-20(2)39(22(26)4)27-13-11-23-9-7-8-10-24(23)16-27/h7-18,30,32,38,40H,6,19H2,1-5H3,(H2,36,37,42)/b35-18-/t30-,32+/m1/s1. The Bertz CT molecular complexity index is 1790. The van der Waals surface area contributed by atoms with Crippen LogP contribution in [0, 0.1) is 13.8 Å². The van der Waals surface area contributed by atoms with Gasteiger partial charge < -0.3 is 34.5 Å². The summed E-state index contributed by atoms with van der Waals surface area (Å²) in [4.78, 5) is 24.6. The summed E-state index contributed by atoms with van der Waals surface area (Å²) >= 11 is 0. The van der Waals surface area contributed by atoms with Crippen molar-refractivity contribution in [1.82, 2.24) is 20.6 Å². The van der Waals surface area contributed by atoms with E-state index >= 15 is 0 Å². The Balaban J connectivity index is 1.25. The highest BCUT2D eigenvalue weighted by atomic mass is 16.5.